The molecule has 0 heterocycles. The monoisotopic (exact) mass is 118 g/mol. The first-order chi connectivity index (χ1) is 3.68. The van der Waals surface area contributed by atoms with Gasteiger partial charge in [-0.25, -0.2) is 5.41 Å². The fraction of sp³-hybridized carbons (Fsp3) is 0.800. The average molecular weight is 118 g/mol. The van der Waals surface area contributed by atoms with Gasteiger partial charge in [-0.15, -0.1) is 0 Å². The van der Waals surface area contributed by atoms with Crippen molar-refractivity contribution in [1.29, 1.82) is 0 Å². The van der Waals surface area contributed by atoms with E-state index in [1.165, 1.54) is 0 Å². The van der Waals surface area contributed by atoms with Crippen LogP contribution in [0.25, 0.3) is 0 Å². The van der Waals surface area contributed by atoms with E-state index in [0.29, 0.717) is 5.84 Å². The highest BCUT2D eigenvalue weighted by Gasteiger charge is 2.11. The molecule has 0 aromatic rings. The van der Waals surface area contributed by atoms with Crippen LogP contribution in [0.1, 0.15) is 13.3 Å². The van der Waals surface area contributed by atoms with Gasteiger partial charge in [-0.3, -0.25) is 5.73 Å². The first-order valence-corrected chi connectivity index (χ1v) is 2.73. The topological polar surface area (TPSA) is 73.5 Å². The van der Waals surface area contributed by atoms with Crippen LogP contribution < -0.4 is 11.1 Å². The van der Waals surface area contributed by atoms with Crippen LogP contribution in [0.4, 0.5) is 0 Å². The third kappa shape index (κ3) is 2.71. The van der Waals surface area contributed by atoms with E-state index in [1.807, 2.05) is 6.92 Å². The van der Waals surface area contributed by atoms with Gasteiger partial charge in [-0.1, -0.05) is 0 Å². The van der Waals surface area contributed by atoms with E-state index in [9.17, 15) is 0 Å². The fourth-order valence-electron chi connectivity index (χ4n) is 0.379. The lowest BCUT2D eigenvalue weighted by molar-refractivity contribution is -0.311. The first kappa shape index (κ1) is 7.59. The van der Waals surface area contributed by atoms with Gasteiger partial charge in [0.2, 0.25) is 0 Å². The summed E-state index contributed by atoms with van der Waals surface area (Å²) in [6.07, 6.45) is 0.718. The van der Waals surface area contributed by atoms with Crippen LogP contribution in [0.15, 0.2) is 0 Å². The van der Waals surface area contributed by atoms with Crippen LogP contribution in [-0.4, -0.2) is 17.5 Å². The molecule has 8 heavy (non-hydrogen) atoms. The molecule has 0 rings (SSSR count). The molecule has 0 bridgehead atoms. The number of quaternary nitrogens is 1. The Kier molecular flexibility index (Phi) is 3.39. The van der Waals surface area contributed by atoms with Crippen molar-refractivity contribution in [1.82, 2.24) is 0 Å². The number of aliphatic hydroxyl groups excluding tert-OH is 1. The molecule has 0 radical (unpaired) electrons. The van der Waals surface area contributed by atoms with Crippen LogP contribution >= 0.6 is 0 Å². The molecule has 0 fully saturated rings. The third-order valence-electron chi connectivity index (χ3n) is 1.20. The predicted molar refractivity (Wildman–Crippen MR) is 30.7 cm³/mol. The quantitative estimate of drug-likeness (QED) is 0.276. The molecular weight excluding hydrogens is 104 g/mol. The molecule has 3 nitrogen and oxygen atoms in total. The molecule has 3 heteroatoms. The van der Waals surface area contributed by atoms with E-state index >= 15 is 0 Å². The molecule has 0 aliphatic carbocycles. The summed E-state index contributed by atoms with van der Waals surface area (Å²) in [5.41, 5.74) is 3.54. The smallest absolute Gasteiger partial charge is 0.332 e. The maximum atomic E-state index is 8.39. The van der Waals surface area contributed by atoms with Crippen LogP contribution in [0.5, 0.6) is 0 Å². The van der Waals surface area contributed by atoms with Crippen molar-refractivity contribution < 1.29 is 16.2 Å². The Hall–Kier alpha value is -0.410. The predicted octanol–water partition coefficient (Wildman–Crippen LogP) is -2.60. The van der Waals surface area contributed by atoms with Crippen molar-refractivity contribution in [2.45, 2.75) is 13.3 Å². The number of amidine groups is 1. The second-order valence-corrected chi connectivity index (χ2v) is 1.99. The summed E-state index contributed by atoms with van der Waals surface area (Å²) in [4.78, 5) is 0. The second-order valence-electron chi connectivity index (χ2n) is 1.99. The molecule has 0 aromatic heterocycles. The summed E-state index contributed by atoms with van der Waals surface area (Å²) < 4.78 is 0. The summed E-state index contributed by atoms with van der Waals surface area (Å²) in [6.45, 7) is 2.13. The lowest BCUT2D eigenvalue weighted by atomic mass is 10.1. The Labute approximate surface area is 49.0 Å². The van der Waals surface area contributed by atoms with Crippen molar-refractivity contribution in [3.8, 4) is 0 Å². The zero-order valence-corrected chi connectivity index (χ0v) is 5.22. The minimum absolute atomic E-state index is 0.192. The molecule has 48 valence electrons. The maximum absolute atomic E-state index is 8.39. The van der Waals surface area contributed by atoms with Gasteiger partial charge in [0.05, 0.1) is 5.92 Å². The van der Waals surface area contributed by atoms with E-state index < -0.39 is 0 Å². The van der Waals surface area contributed by atoms with Crippen LogP contribution in [0.2, 0.25) is 0 Å². The lowest BCUT2D eigenvalue weighted by Crippen LogP contribution is -2.72. The molecule has 1 atom stereocenters. The summed E-state index contributed by atoms with van der Waals surface area (Å²) in [5, 5.41) is 13.7. The third-order valence-corrected chi connectivity index (χ3v) is 1.20. The molecule has 0 saturated carbocycles. The Balaban J connectivity index is 3.32. The van der Waals surface area contributed by atoms with E-state index in [1.54, 1.807) is 0 Å². The maximum Gasteiger partial charge on any atom is 0.332 e. The van der Waals surface area contributed by atoms with Gasteiger partial charge >= 0.3 is 5.84 Å². The van der Waals surface area contributed by atoms with E-state index in [2.05, 4.69) is 5.73 Å². The van der Waals surface area contributed by atoms with Crippen molar-refractivity contribution >= 4 is 5.84 Å². The van der Waals surface area contributed by atoms with Crippen LogP contribution in [-0.2, 0) is 0 Å². The van der Waals surface area contributed by atoms with Crippen molar-refractivity contribution in [3.63, 3.8) is 0 Å². The standard InChI is InChI=1S/C5H12N2O/c1-4(2-3-8)5(6)7/h4,8H,2-3H2,1H3,(H3,6,7)/p+2. The summed E-state index contributed by atoms with van der Waals surface area (Å²) >= 11 is 0. The SMILES string of the molecule is CC(CCO)C(=[NH2+])[NH3+]. The zero-order valence-electron chi connectivity index (χ0n) is 5.22. The van der Waals surface area contributed by atoms with Gasteiger partial charge in [-0.05, 0) is 13.3 Å². The zero-order chi connectivity index (χ0) is 6.57. The van der Waals surface area contributed by atoms with Gasteiger partial charge in [-0.2, -0.15) is 0 Å². The van der Waals surface area contributed by atoms with Gasteiger partial charge < -0.3 is 5.11 Å². The number of rotatable bonds is 3. The molecule has 0 amide bonds. The molecule has 0 spiro atoms. The average Bonchev–Trinajstić information content (AvgIpc) is 1.67. The Morgan fingerprint density at radius 2 is 2.38 bits per heavy atom. The lowest BCUT2D eigenvalue weighted by Gasteiger charge is -1.96. The molecule has 0 aliphatic rings. The molecule has 0 aliphatic heterocycles. The van der Waals surface area contributed by atoms with Crippen molar-refractivity contribution in [3.05, 3.63) is 0 Å². The molecule has 0 aromatic carbocycles. The van der Waals surface area contributed by atoms with E-state index in [4.69, 9.17) is 10.5 Å². The largest absolute Gasteiger partial charge is 0.396 e. The van der Waals surface area contributed by atoms with Crippen molar-refractivity contribution in [2.24, 2.45) is 5.92 Å². The minimum atomic E-state index is 0.192. The molecular formula is C5H14N2O+2. The highest BCUT2D eigenvalue weighted by molar-refractivity contribution is 5.66. The Morgan fingerprint density at radius 3 is 2.50 bits per heavy atom. The first-order valence-electron chi connectivity index (χ1n) is 2.73. The normalized spacial score (nSPS) is 13.4. The van der Waals surface area contributed by atoms with Gasteiger partial charge in [0.1, 0.15) is 0 Å². The fourth-order valence-corrected chi connectivity index (χ4v) is 0.379. The summed E-state index contributed by atoms with van der Waals surface area (Å²) in [6, 6.07) is 0. The van der Waals surface area contributed by atoms with Gasteiger partial charge in [0.15, 0.2) is 0 Å². The minimum Gasteiger partial charge on any atom is -0.396 e. The summed E-state index contributed by atoms with van der Waals surface area (Å²) in [7, 11) is 0. The van der Waals surface area contributed by atoms with Gasteiger partial charge in [0, 0.05) is 6.61 Å². The number of aliphatic hydroxyl groups is 1. The molecule has 6 N–H and O–H groups in total. The molecule has 1 unspecified atom stereocenters. The molecule has 0 saturated heterocycles. The highest BCUT2D eigenvalue weighted by atomic mass is 16.3. The Bertz CT molecular complexity index is 82.5. The number of nitrogens with two attached hydrogens (primary N) is 1. The number of hydrogen-bond donors (Lipinski definition) is 3. The Morgan fingerprint density at radius 1 is 1.88 bits per heavy atom. The van der Waals surface area contributed by atoms with E-state index in [-0.39, 0.29) is 12.5 Å². The highest BCUT2D eigenvalue weighted by Crippen LogP contribution is 1.94. The van der Waals surface area contributed by atoms with Crippen molar-refractivity contribution in [2.75, 3.05) is 6.61 Å². The van der Waals surface area contributed by atoms with Crippen LogP contribution in [0, 0.1) is 5.92 Å². The number of hydrogen-bond acceptors (Lipinski definition) is 1. The van der Waals surface area contributed by atoms with Gasteiger partial charge in [0.25, 0.3) is 0 Å². The second kappa shape index (κ2) is 3.57. The summed E-state index contributed by atoms with van der Waals surface area (Å²) in [5.74, 6) is 0.902. The van der Waals surface area contributed by atoms with Crippen LogP contribution in [0.3, 0.4) is 0 Å². The van der Waals surface area contributed by atoms with E-state index in [0.717, 1.165) is 6.42 Å².